The van der Waals surface area contributed by atoms with Gasteiger partial charge in [-0.2, -0.15) is 0 Å². The molecule has 0 saturated carbocycles. The van der Waals surface area contributed by atoms with Gasteiger partial charge in [-0.1, -0.05) is 36.4 Å². The fourth-order valence-corrected chi connectivity index (χ4v) is 2.68. The third-order valence-electron chi connectivity index (χ3n) is 3.74. The van der Waals surface area contributed by atoms with Crippen LogP contribution in [0.5, 0.6) is 0 Å². The van der Waals surface area contributed by atoms with E-state index in [4.69, 9.17) is 0 Å². The van der Waals surface area contributed by atoms with Crippen molar-refractivity contribution in [2.45, 2.75) is 25.9 Å². The van der Waals surface area contributed by atoms with Gasteiger partial charge in [-0.25, -0.2) is 4.39 Å². The van der Waals surface area contributed by atoms with E-state index in [9.17, 15) is 4.39 Å². The van der Waals surface area contributed by atoms with Crippen LogP contribution in [0.4, 0.5) is 4.39 Å². The third kappa shape index (κ3) is 1.93. The lowest BCUT2D eigenvalue weighted by Crippen LogP contribution is -2.29. The lowest BCUT2D eigenvalue weighted by molar-refractivity contribution is 0.476. The lowest BCUT2D eigenvalue weighted by atomic mass is 9.89. The molecule has 1 nitrogen and oxygen atoms in total. The second-order valence-electron chi connectivity index (χ2n) is 4.87. The molecular formula is C16H16FN. The van der Waals surface area contributed by atoms with Crippen molar-refractivity contribution in [1.29, 1.82) is 0 Å². The Morgan fingerprint density at radius 2 is 1.83 bits per heavy atom. The predicted octanol–water partition coefficient (Wildman–Crippen LogP) is 3.52. The summed E-state index contributed by atoms with van der Waals surface area (Å²) < 4.78 is 13.7. The number of benzene rings is 2. The van der Waals surface area contributed by atoms with Crippen LogP contribution in [0.3, 0.4) is 0 Å². The Kier molecular flexibility index (Phi) is 2.88. The zero-order chi connectivity index (χ0) is 12.5. The topological polar surface area (TPSA) is 12.0 Å². The normalized spacial score (nSPS) is 18.4. The molecule has 2 heteroatoms. The van der Waals surface area contributed by atoms with Gasteiger partial charge in [-0.3, -0.25) is 0 Å². The average Bonchev–Trinajstić information content (AvgIpc) is 2.44. The number of halogens is 1. The molecule has 0 bridgehead atoms. The second kappa shape index (κ2) is 4.54. The van der Waals surface area contributed by atoms with Crippen LogP contribution in [0.1, 0.15) is 28.3 Å². The van der Waals surface area contributed by atoms with Crippen LogP contribution >= 0.6 is 0 Å². The van der Waals surface area contributed by atoms with Crippen molar-refractivity contribution < 1.29 is 4.39 Å². The summed E-state index contributed by atoms with van der Waals surface area (Å²) >= 11 is 0. The van der Waals surface area contributed by atoms with E-state index in [1.165, 1.54) is 16.7 Å². The first-order valence-electron chi connectivity index (χ1n) is 6.31. The molecule has 0 amide bonds. The first-order valence-corrected chi connectivity index (χ1v) is 6.31. The maximum atomic E-state index is 13.7. The number of hydrogen-bond donors (Lipinski definition) is 1. The standard InChI is InChI=1S/C16H16FN/c1-11-7-8-15(17)14-10-18-16(9-13(11)14)12-5-3-2-4-6-12/h2-8,16,18H,9-10H2,1H3. The van der Waals surface area contributed by atoms with Crippen molar-refractivity contribution >= 4 is 0 Å². The molecule has 1 N–H and O–H groups in total. The number of hydrogen-bond acceptors (Lipinski definition) is 1. The highest BCUT2D eigenvalue weighted by molar-refractivity contribution is 5.39. The average molecular weight is 241 g/mol. The molecule has 1 unspecified atom stereocenters. The molecular weight excluding hydrogens is 225 g/mol. The van der Waals surface area contributed by atoms with Crippen LogP contribution in [0.2, 0.25) is 0 Å². The summed E-state index contributed by atoms with van der Waals surface area (Å²) in [4.78, 5) is 0. The summed E-state index contributed by atoms with van der Waals surface area (Å²) in [5.41, 5.74) is 4.46. The molecule has 1 aliphatic heterocycles. The van der Waals surface area contributed by atoms with Crippen LogP contribution in [-0.4, -0.2) is 0 Å². The van der Waals surface area contributed by atoms with E-state index in [1.807, 2.05) is 24.3 Å². The monoisotopic (exact) mass is 241 g/mol. The Hall–Kier alpha value is -1.67. The second-order valence-corrected chi connectivity index (χ2v) is 4.87. The zero-order valence-electron chi connectivity index (χ0n) is 10.4. The molecule has 0 radical (unpaired) electrons. The Balaban J connectivity index is 1.96. The minimum atomic E-state index is -0.0883. The van der Waals surface area contributed by atoms with Gasteiger partial charge in [0, 0.05) is 18.2 Å². The van der Waals surface area contributed by atoms with Gasteiger partial charge in [-0.15, -0.1) is 0 Å². The largest absolute Gasteiger partial charge is 0.305 e. The molecule has 0 aromatic heterocycles. The van der Waals surface area contributed by atoms with Crippen LogP contribution in [-0.2, 0) is 13.0 Å². The van der Waals surface area contributed by atoms with E-state index in [-0.39, 0.29) is 5.82 Å². The molecule has 0 aliphatic carbocycles. The molecule has 0 saturated heterocycles. The third-order valence-corrected chi connectivity index (χ3v) is 3.74. The van der Waals surface area contributed by atoms with Gasteiger partial charge in [0.15, 0.2) is 0 Å². The molecule has 92 valence electrons. The Morgan fingerprint density at radius 1 is 1.06 bits per heavy atom. The first kappa shape index (κ1) is 11.4. The van der Waals surface area contributed by atoms with Crippen LogP contribution < -0.4 is 5.32 Å². The molecule has 1 atom stereocenters. The van der Waals surface area contributed by atoms with Gasteiger partial charge in [0.1, 0.15) is 5.82 Å². The van der Waals surface area contributed by atoms with E-state index in [1.54, 1.807) is 6.07 Å². The van der Waals surface area contributed by atoms with E-state index in [0.29, 0.717) is 12.6 Å². The number of fused-ring (bicyclic) bond motifs is 1. The van der Waals surface area contributed by atoms with Crippen molar-refractivity contribution in [2.75, 3.05) is 0 Å². The summed E-state index contributed by atoms with van der Waals surface area (Å²) in [5.74, 6) is -0.0883. The van der Waals surface area contributed by atoms with Crippen LogP contribution in [0, 0.1) is 12.7 Å². The first-order chi connectivity index (χ1) is 8.75. The fraction of sp³-hybridized carbons (Fsp3) is 0.250. The Bertz CT molecular complexity index is 563. The Morgan fingerprint density at radius 3 is 2.61 bits per heavy atom. The van der Waals surface area contributed by atoms with Crippen LogP contribution in [0.25, 0.3) is 0 Å². The molecule has 3 rings (SSSR count). The maximum absolute atomic E-state index is 13.7. The molecule has 2 aromatic carbocycles. The molecule has 1 aliphatic rings. The van der Waals surface area contributed by atoms with Gasteiger partial charge in [0.25, 0.3) is 0 Å². The van der Waals surface area contributed by atoms with Crippen molar-refractivity contribution in [3.05, 3.63) is 70.5 Å². The van der Waals surface area contributed by atoms with Crippen molar-refractivity contribution in [3.8, 4) is 0 Å². The van der Waals surface area contributed by atoms with Crippen LogP contribution in [0.15, 0.2) is 42.5 Å². The molecule has 1 heterocycles. The molecule has 18 heavy (non-hydrogen) atoms. The number of aryl methyl sites for hydroxylation is 1. The number of rotatable bonds is 1. The molecule has 0 spiro atoms. The van der Waals surface area contributed by atoms with Gasteiger partial charge in [-0.05, 0) is 36.1 Å². The SMILES string of the molecule is Cc1ccc(F)c2c1CC(c1ccccc1)NC2. The minimum absolute atomic E-state index is 0.0883. The highest BCUT2D eigenvalue weighted by Gasteiger charge is 2.22. The lowest BCUT2D eigenvalue weighted by Gasteiger charge is -2.28. The summed E-state index contributed by atoms with van der Waals surface area (Å²) in [6.45, 7) is 2.67. The molecule has 0 fully saturated rings. The predicted molar refractivity (Wildman–Crippen MR) is 70.9 cm³/mol. The van der Waals surface area contributed by atoms with E-state index >= 15 is 0 Å². The zero-order valence-corrected chi connectivity index (χ0v) is 10.4. The van der Waals surface area contributed by atoms with E-state index < -0.39 is 0 Å². The quantitative estimate of drug-likeness (QED) is 0.805. The Labute approximate surface area is 107 Å². The summed E-state index contributed by atoms with van der Waals surface area (Å²) in [6.07, 6.45) is 0.864. The minimum Gasteiger partial charge on any atom is -0.305 e. The highest BCUT2D eigenvalue weighted by Crippen LogP contribution is 2.29. The van der Waals surface area contributed by atoms with Gasteiger partial charge in [0.05, 0.1) is 0 Å². The van der Waals surface area contributed by atoms with Gasteiger partial charge < -0.3 is 5.32 Å². The van der Waals surface area contributed by atoms with Crippen molar-refractivity contribution in [3.63, 3.8) is 0 Å². The van der Waals surface area contributed by atoms with Gasteiger partial charge >= 0.3 is 0 Å². The summed E-state index contributed by atoms with van der Waals surface area (Å²) in [6, 6.07) is 14.1. The summed E-state index contributed by atoms with van der Waals surface area (Å²) in [7, 11) is 0. The van der Waals surface area contributed by atoms with Crippen molar-refractivity contribution in [1.82, 2.24) is 5.32 Å². The van der Waals surface area contributed by atoms with E-state index in [0.717, 1.165) is 12.0 Å². The number of nitrogens with one attached hydrogen (secondary N) is 1. The van der Waals surface area contributed by atoms with Crippen molar-refractivity contribution in [2.24, 2.45) is 0 Å². The summed E-state index contributed by atoms with van der Waals surface area (Å²) in [5, 5.41) is 3.42. The van der Waals surface area contributed by atoms with E-state index in [2.05, 4.69) is 24.4 Å². The fourth-order valence-electron chi connectivity index (χ4n) is 2.68. The molecule has 2 aromatic rings. The maximum Gasteiger partial charge on any atom is 0.127 e. The highest BCUT2D eigenvalue weighted by atomic mass is 19.1. The smallest absolute Gasteiger partial charge is 0.127 e. The van der Waals surface area contributed by atoms with Gasteiger partial charge in [0.2, 0.25) is 0 Å².